The number of sulfonamides is 1. The van der Waals surface area contributed by atoms with Gasteiger partial charge in [-0.2, -0.15) is 0 Å². The molecule has 0 aromatic heterocycles. The van der Waals surface area contributed by atoms with Crippen molar-refractivity contribution in [1.82, 2.24) is 10.3 Å². The van der Waals surface area contributed by atoms with E-state index in [0.29, 0.717) is 0 Å². The highest BCUT2D eigenvalue weighted by molar-refractivity contribution is 7.89. The molecule has 23 heavy (non-hydrogen) atoms. The van der Waals surface area contributed by atoms with Crippen LogP contribution in [0.3, 0.4) is 0 Å². The molecule has 3 N–H and O–H groups in total. The zero-order chi connectivity index (χ0) is 16.9. The summed E-state index contributed by atoms with van der Waals surface area (Å²) in [5.41, 5.74) is 5.45. The molecule has 0 radical (unpaired) electrons. The quantitative estimate of drug-likeness (QED) is 0.572. The van der Waals surface area contributed by atoms with E-state index < -0.39 is 10.0 Å². The van der Waals surface area contributed by atoms with Gasteiger partial charge in [0.15, 0.2) is 5.11 Å². The van der Waals surface area contributed by atoms with Crippen molar-refractivity contribution >= 4 is 33.0 Å². The van der Waals surface area contributed by atoms with Crippen LogP contribution in [0.1, 0.15) is 18.1 Å². The Morgan fingerprint density at radius 1 is 1.09 bits per heavy atom. The van der Waals surface area contributed by atoms with Gasteiger partial charge in [0.1, 0.15) is 0 Å². The summed E-state index contributed by atoms with van der Waals surface area (Å²) in [5, 5.41) is 3.17. The first kappa shape index (κ1) is 17.4. The van der Waals surface area contributed by atoms with Crippen LogP contribution >= 0.6 is 12.2 Å². The Bertz CT molecular complexity index is 787. The molecule has 0 aliphatic rings. The molecule has 0 aliphatic heterocycles. The minimum Gasteiger partial charge on any atom is -0.331 e. The molecular weight excluding hydrogens is 330 g/mol. The van der Waals surface area contributed by atoms with Gasteiger partial charge in [-0.05, 0) is 49.3 Å². The smallest absolute Gasteiger partial charge is 0.257 e. The van der Waals surface area contributed by atoms with E-state index in [9.17, 15) is 8.42 Å². The van der Waals surface area contributed by atoms with Crippen molar-refractivity contribution < 1.29 is 8.42 Å². The monoisotopic (exact) mass is 349 g/mol. The van der Waals surface area contributed by atoms with E-state index in [1.165, 1.54) is 0 Å². The molecule has 2 rings (SSSR count). The van der Waals surface area contributed by atoms with Gasteiger partial charge in [0.05, 0.1) is 4.90 Å². The van der Waals surface area contributed by atoms with Crippen molar-refractivity contribution in [2.24, 2.45) is 0 Å². The fourth-order valence-electron chi connectivity index (χ4n) is 1.99. The van der Waals surface area contributed by atoms with Crippen LogP contribution in [-0.4, -0.2) is 13.5 Å². The first-order chi connectivity index (χ1) is 10.9. The Morgan fingerprint density at radius 2 is 1.74 bits per heavy atom. The van der Waals surface area contributed by atoms with E-state index >= 15 is 0 Å². The molecule has 0 saturated heterocycles. The fourth-order valence-corrected chi connectivity index (χ4v) is 3.07. The molecule has 2 aromatic carbocycles. The number of thiocarbonyl (C=S) groups is 1. The van der Waals surface area contributed by atoms with Crippen LogP contribution in [0.2, 0.25) is 0 Å². The van der Waals surface area contributed by atoms with E-state index in [-0.39, 0.29) is 10.0 Å². The highest BCUT2D eigenvalue weighted by Gasteiger charge is 2.13. The van der Waals surface area contributed by atoms with Gasteiger partial charge >= 0.3 is 0 Å². The second kappa shape index (κ2) is 7.54. The maximum atomic E-state index is 12.2. The highest BCUT2D eigenvalue weighted by atomic mass is 32.2. The van der Waals surface area contributed by atoms with Crippen molar-refractivity contribution in [2.45, 2.75) is 25.2 Å². The average Bonchev–Trinajstić information content (AvgIpc) is 2.54. The second-order valence-corrected chi connectivity index (χ2v) is 7.10. The number of hydrogen-bond donors (Lipinski definition) is 3. The number of hydrogen-bond acceptors (Lipinski definition) is 3. The second-order valence-electron chi connectivity index (χ2n) is 5.01. The summed E-state index contributed by atoms with van der Waals surface area (Å²) >= 11 is 5.13. The lowest BCUT2D eigenvalue weighted by Gasteiger charge is -2.14. The van der Waals surface area contributed by atoms with E-state index in [2.05, 4.69) is 15.6 Å². The summed E-state index contributed by atoms with van der Waals surface area (Å²) in [4.78, 5) is 2.44. The van der Waals surface area contributed by atoms with E-state index in [1.54, 1.807) is 24.3 Å². The summed E-state index contributed by atoms with van der Waals surface area (Å²) in [6.45, 7) is 3.93. The first-order valence-electron chi connectivity index (χ1n) is 7.16. The lowest BCUT2D eigenvalue weighted by atomic mass is 10.1. The Hall–Kier alpha value is -1.96. The number of rotatable bonds is 5. The van der Waals surface area contributed by atoms with Crippen LogP contribution in [0.15, 0.2) is 53.4 Å². The van der Waals surface area contributed by atoms with Crippen molar-refractivity contribution in [3.8, 4) is 0 Å². The Labute approximate surface area is 142 Å². The molecule has 0 amide bonds. The van der Waals surface area contributed by atoms with Crippen LogP contribution in [-0.2, 0) is 16.4 Å². The fraction of sp³-hybridized carbons (Fsp3) is 0.188. The molecule has 0 aliphatic carbocycles. The molecule has 7 heteroatoms. The number of nitrogens with one attached hydrogen (secondary N) is 3. The maximum Gasteiger partial charge on any atom is 0.257 e. The van der Waals surface area contributed by atoms with Crippen LogP contribution in [0.5, 0.6) is 0 Å². The zero-order valence-corrected chi connectivity index (χ0v) is 14.6. The minimum atomic E-state index is -3.67. The average molecular weight is 349 g/mol. The van der Waals surface area contributed by atoms with Crippen molar-refractivity contribution in [3.05, 3.63) is 59.7 Å². The first-order valence-corrected chi connectivity index (χ1v) is 9.05. The molecule has 5 nitrogen and oxygen atoms in total. The molecular formula is C16H19N3O2S2. The summed E-state index contributed by atoms with van der Waals surface area (Å²) in [6, 6.07) is 14.3. The maximum absolute atomic E-state index is 12.2. The zero-order valence-electron chi connectivity index (χ0n) is 13.0. The molecule has 122 valence electrons. The third-order valence-corrected chi connectivity index (χ3v) is 4.74. The van der Waals surface area contributed by atoms with Gasteiger partial charge in [-0.15, -0.1) is 4.83 Å². The molecule has 0 saturated carbocycles. The van der Waals surface area contributed by atoms with E-state index in [1.807, 2.05) is 38.1 Å². The van der Waals surface area contributed by atoms with Gasteiger partial charge in [0.2, 0.25) is 0 Å². The Balaban J connectivity index is 2.00. The number of hydrazine groups is 1. The van der Waals surface area contributed by atoms with Crippen molar-refractivity contribution in [3.63, 3.8) is 0 Å². The summed E-state index contributed by atoms with van der Waals surface area (Å²) in [5.74, 6) is 0. The number of aryl methyl sites for hydroxylation is 2. The molecule has 0 spiro atoms. The SMILES string of the molecule is CCc1ccccc1NC(=S)NNS(=O)(=O)c1ccc(C)cc1. The molecule has 0 heterocycles. The minimum absolute atomic E-state index is 0.173. The van der Waals surface area contributed by atoms with Gasteiger partial charge in [-0.25, -0.2) is 8.42 Å². The van der Waals surface area contributed by atoms with E-state index in [4.69, 9.17) is 12.2 Å². The predicted octanol–water partition coefficient (Wildman–Crippen LogP) is 2.74. The third kappa shape index (κ3) is 4.75. The summed E-state index contributed by atoms with van der Waals surface area (Å²) < 4.78 is 24.3. The molecule has 2 aromatic rings. The molecule has 0 bridgehead atoms. The molecule has 0 unspecified atom stereocenters. The van der Waals surface area contributed by atoms with E-state index in [0.717, 1.165) is 23.2 Å². The van der Waals surface area contributed by atoms with Crippen molar-refractivity contribution in [1.29, 1.82) is 0 Å². The Kier molecular flexibility index (Phi) is 5.70. The van der Waals surface area contributed by atoms with Gasteiger partial charge < -0.3 is 5.32 Å². The topological polar surface area (TPSA) is 70.2 Å². The lowest BCUT2D eigenvalue weighted by Crippen LogP contribution is -2.43. The Morgan fingerprint density at radius 3 is 2.39 bits per heavy atom. The number of anilines is 1. The molecule has 0 atom stereocenters. The molecule has 0 fully saturated rings. The van der Waals surface area contributed by atoms with Gasteiger partial charge in [0, 0.05) is 5.69 Å². The van der Waals surface area contributed by atoms with Crippen LogP contribution in [0, 0.1) is 6.92 Å². The highest BCUT2D eigenvalue weighted by Crippen LogP contribution is 2.15. The van der Waals surface area contributed by atoms with Gasteiger partial charge in [-0.3, -0.25) is 5.43 Å². The standard InChI is InChI=1S/C16H19N3O2S2/c1-3-13-6-4-5-7-15(13)17-16(22)18-19-23(20,21)14-10-8-12(2)9-11-14/h4-11,19H,3H2,1-2H3,(H2,17,18,22). The number of benzene rings is 2. The number of para-hydroxylation sites is 1. The van der Waals surface area contributed by atoms with Crippen LogP contribution in [0.4, 0.5) is 5.69 Å². The van der Waals surface area contributed by atoms with Crippen molar-refractivity contribution in [2.75, 3.05) is 5.32 Å². The van der Waals surface area contributed by atoms with Gasteiger partial charge in [-0.1, -0.05) is 42.8 Å². The lowest BCUT2D eigenvalue weighted by molar-refractivity contribution is 0.578. The summed E-state index contributed by atoms with van der Waals surface area (Å²) in [6.07, 6.45) is 0.848. The largest absolute Gasteiger partial charge is 0.331 e. The van der Waals surface area contributed by atoms with Crippen LogP contribution in [0.25, 0.3) is 0 Å². The summed E-state index contributed by atoms with van der Waals surface area (Å²) in [7, 11) is -3.67. The normalized spacial score (nSPS) is 11.0. The van der Waals surface area contributed by atoms with Crippen LogP contribution < -0.4 is 15.6 Å². The third-order valence-electron chi connectivity index (χ3n) is 3.28. The van der Waals surface area contributed by atoms with Gasteiger partial charge in [0.25, 0.3) is 10.0 Å². The predicted molar refractivity (Wildman–Crippen MR) is 96.7 cm³/mol.